The molecule has 2 aromatic heterocycles. The molecule has 0 aliphatic heterocycles. The number of hydrogen-bond acceptors (Lipinski definition) is 3. The molecular weight excluding hydrogens is 286 g/mol. The van der Waals surface area contributed by atoms with Crippen molar-refractivity contribution in [1.29, 1.82) is 0 Å². The number of aromatic amines is 1. The second kappa shape index (κ2) is 5.02. The van der Waals surface area contributed by atoms with Crippen LogP contribution in [-0.4, -0.2) is 15.2 Å². The summed E-state index contributed by atoms with van der Waals surface area (Å²) in [6.07, 6.45) is 0. The number of pyridine rings is 1. The second-order valence-electron chi connectivity index (χ2n) is 5.86. The number of nitrogens with zero attached hydrogens (tertiary/aromatic N) is 2. The van der Waals surface area contributed by atoms with E-state index in [9.17, 15) is 4.79 Å². The Bertz CT molecular complexity index is 1100. The molecule has 0 fully saturated rings. The van der Waals surface area contributed by atoms with Crippen LogP contribution >= 0.6 is 0 Å². The SMILES string of the molecule is Cc1ccc(-c2cc3nnc4ccc(C)cc4c3[nH]c2=O)cc1. The molecule has 0 atom stereocenters. The van der Waals surface area contributed by atoms with Crippen LogP contribution < -0.4 is 5.56 Å². The Morgan fingerprint density at radius 1 is 0.826 bits per heavy atom. The van der Waals surface area contributed by atoms with Gasteiger partial charge in [-0.2, -0.15) is 0 Å². The van der Waals surface area contributed by atoms with E-state index in [1.54, 1.807) is 0 Å². The molecule has 0 aliphatic carbocycles. The molecule has 0 saturated carbocycles. The van der Waals surface area contributed by atoms with Crippen molar-refractivity contribution in [2.75, 3.05) is 0 Å². The minimum Gasteiger partial charge on any atom is -0.319 e. The lowest BCUT2D eigenvalue weighted by Gasteiger charge is -2.06. The monoisotopic (exact) mass is 301 g/mol. The summed E-state index contributed by atoms with van der Waals surface area (Å²) in [5.74, 6) is 0. The summed E-state index contributed by atoms with van der Waals surface area (Å²) < 4.78 is 0. The van der Waals surface area contributed by atoms with Crippen LogP contribution in [0.25, 0.3) is 33.1 Å². The molecule has 0 bridgehead atoms. The average molecular weight is 301 g/mol. The van der Waals surface area contributed by atoms with E-state index in [0.717, 1.165) is 33.1 Å². The van der Waals surface area contributed by atoms with E-state index in [1.807, 2.05) is 62.4 Å². The summed E-state index contributed by atoms with van der Waals surface area (Å²) >= 11 is 0. The predicted octanol–water partition coefficient (Wildman–Crippen LogP) is 3.76. The maximum atomic E-state index is 12.5. The Kier molecular flexibility index (Phi) is 2.98. The maximum absolute atomic E-state index is 12.5. The molecular formula is C19H15N3O. The smallest absolute Gasteiger partial charge is 0.256 e. The molecule has 4 nitrogen and oxygen atoms in total. The third-order valence-electron chi connectivity index (χ3n) is 4.07. The minimum absolute atomic E-state index is 0.114. The quantitative estimate of drug-likeness (QED) is 0.545. The molecule has 4 heteroatoms. The van der Waals surface area contributed by atoms with E-state index < -0.39 is 0 Å². The van der Waals surface area contributed by atoms with E-state index >= 15 is 0 Å². The summed E-state index contributed by atoms with van der Waals surface area (Å²) in [6.45, 7) is 4.04. The van der Waals surface area contributed by atoms with Crippen molar-refractivity contribution in [1.82, 2.24) is 15.2 Å². The highest BCUT2D eigenvalue weighted by molar-refractivity contribution is 6.02. The molecule has 2 heterocycles. The zero-order valence-electron chi connectivity index (χ0n) is 12.9. The van der Waals surface area contributed by atoms with Gasteiger partial charge in [0, 0.05) is 10.9 Å². The van der Waals surface area contributed by atoms with E-state index in [1.165, 1.54) is 0 Å². The Morgan fingerprint density at radius 3 is 2.30 bits per heavy atom. The van der Waals surface area contributed by atoms with Gasteiger partial charge >= 0.3 is 0 Å². The number of hydrogen-bond donors (Lipinski definition) is 1. The number of nitrogens with one attached hydrogen (secondary N) is 1. The van der Waals surface area contributed by atoms with Crippen LogP contribution in [0.15, 0.2) is 53.3 Å². The summed E-state index contributed by atoms with van der Waals surface area (Å²) in [6, 6.07) is 15.6. The van der Waals surface area contributed by atoms with Gasteiger partial charge in [-0.1, -0.05) is 41.5 Å². The number of fused-ring (bicyclic) bond motifs is 3. The van der Waals surface area contributed by atoms with E-state index in [4.69, 9.17) is 0 Å². The zero-order valence-corrected chi connectivity index (χ0v) is 12.9. The topological polar surface area (TPSA) is 58.6 Å². The Labute approximate surface area is 132 Å². The molecule has 4 rings (SSSR count). The van der Waals surface area contributed by atoms with Crippen molar-refractivity contribution in [3.63, 3.8) is 0 Å². The molecule has 112 valence electrons. The van der Waals surface area contributed by atoms with Crippen LogP contribution in [0.3, 0.4) is 0 Å². The van der Waals surface area contributed by atoms with Gasteiger partial charge in [0.15, 0.2) is 0 Å². The van der Waals surface area contributed by atoms with E-state index in [0.29, 0.717) is 11.1 Å². The van der Waals surface area contributed by atoms with E-state index in [2.05, 4.69) is 15.2 Å². The Balaban J connectivity index is 2.03. The van der Waals surface area contributed by atoms with Crippen molar-refractivity contribution in [2.24, 2.45) is 0 Å². The number of aromatic nitrogens is 3. The minimum atomic E-state index is -0.114. The van der Waals surface area contributed by atoms with Crippen LogP contribution in [0.5, 0.6) is 0 Å². The lowest BCUT2D eigenvalue weighted by Crippen LogP contribution is -2.09. The molecule has 23 heavy (non-hydrogen) atoms. The maximum Gasteiger partial charge on any atom is 0.256 e. The summed E-state index contributed by atoms with van der Waals surface area (Å²) in [5, 5.41) is 9.44. The van der Waals surface area contributed by atoms with Crippen molar-refractivity contribution >= 4 is 21.9 Å². The molecule has 0 aliphatic rings. The third kappa shape index (κ3) is 2.28. The van der Waals surface area contributed by atoms with Crippen molar-refractivity contribution < 1.29 is 0 Å². The molecule has 0 unspecified atom stereocenters. The Hall–Kier alpha value is -3.01. The molecule has 2 aromatic carbocycles. The first-order valence-corrected chi connectivity index (χ1v) is 7.49. The molecule has 0 saturated heterocycles. The lowest BCUT2D eigenvalue weighted by atomic mass is 10.0. The molecule has 1 N–H and O–H groups in total. The second-order valence-corrected chi connectivity index (χ2v) is 5.86. The van der Waals surface area contributed by atoms with Gasteiger partial charge in [0.1, 0.15) is 5.52 Å². The summed E-state index contributed by atoms with van der Waals surface area (Å²) in [5.41, 5.74) is 5.86. The fourth-order valence-electron chi connectivity index (χ4n) is 2.80. The Morgan fingerprint density at radius 2 is 1.52 bits per heavy atom. The van der Waals surface area contributed by atoms with E-state index in [-0.39, 0.29) is 5.56 Å². The third-order valence-corrected chi connectivity index (χ3v) is 4.07. The lowest BCUT2D eigenvalue weighted by molar-refractivity contribution is 1.11. The van der Waals surface area contributed by atoms with Crippen LogP contribution in [0.1, 0.15) is 11.1 Å². The number of rotatable bonds is 1. The fraction of sp³-hybridized carbons (Fsp3) is 0.105. The predicted molar refractivity (Wildman–Crippen MR) is 92.6 cm³/mol. The van der Waals surface area contributed by atoms with Gasteiger partial charge in [-0.3, -0.25) is 4.79 Å². The van der Waals surface area contributed by atoms with Gasteiger partial charge < -0.3 is 4.98 Å². The molecule has 0 amide bonds. The normalized spacial score (nSPS) is 11.2. The number of benzene rings is 2. The van der Waals surface area contributed by atoms with Crippen LogP contribution in [-0.2, 0) is 0 Å². The summed E-state index contributed by atoms with van der Waals surface area (Å²) in [7, 11) is 0. The highest BCUT2D eigenvalue weighted by Crippen LogP contribution is 2.23. The van der Waals surface area contributed by atoms with Gasteiger partial charge in [-0.15, -0.1) is 10.2 Å². The first kappa shape index (κ1) is 13.6. The van der Waals surface area contributed by atoms with Crippen LogP contribution in [0.2, 0.25) is 0 Å². The van der Waals surface area contributed by atoms with Gasteiger partial charge in [-0.05, 0) is 37.6 Å². The highest BCUT2D eigenvalue weighted by atomic mass is 16.1. The van der Waals surface area contributed by atoms with Crippen molar-refractivity contribution in [3.8, 4) is 11.1 Å². The van der Waals surface area contributed by atoms with Gasteiger partial charge in [0.2, 0.25) is 0 Å². The van der Waals surface area contributed by atoms with Crippen LogP contribution in [0.4, 0.5) is 0 Å². The zero-order chi connectivity index (χ0) is 16.0. The van der Waals surface area contributed by atoms with Crippen molar-refractivity contribution in [2.45, 2.75) is 13.8 Å². The number of aryl methyl sites for hydroxylation is 2. The first-order valence-electron chi connectivity index (χ1n) is 7.49. The molecule has 0 radical (unpaired) electrons. The van der Waals surface area contributed by atoms with Crippen LogP contribution in [0, 0.1) is 13.8 Å². The fourth-order valence-corrected chi connectivity index (χ4v) is 2.80. The van der Waals surface area contributed by atoms with Gasteiger partial charge in [0.05, 0.1) is 11.0 Å². The molecule has 0 spiro atoms. The van der Waals surface area contributed by atoms with Crippen molar-refractivity contribution in [3.05, 3.63) is 70.0 Å². The number of H-pyrrole nitrogens is 1. The van der Waals surface area contributed by atoms with Gasteiger partial charge in [-0.25, -0.2) is 0 Å². The molecule has 4 aromatic rings. The van der Waals surface area contributed by atoms with Gasteiger partial charge in [0.25, 0.3) is 5.56 Å². The highest BCUT2D eigenvalue weighted by Gasteiger charge is 2.10. The first-order chi connectivity index (χ1) is 11.1. The largest absolute Gasteiger partial charge is 0.319 e. The summed E-state index contributed by atoms with van der Waals surface area (Å²) in [4.78, 5) is 15.5. The standard InChI is InChI=1S/C19H15N3O/c1-11-3-6-13(7-4-11)14-10-17-18(20-19(14)23)15-9-12(2)5-8-16(15)21-22-17/h3-10H,1-2H3,(H,20,23). The average Bonchev–Trinajstić information content (AvgIpc) is 2.55.